The zero-order valence-electron chi connectivity index (χ0n) is 23.8. The summed E-state index contributed by atoms with van der Waals surface area (Å²) in [5, 5.41) is 4.93. The number of piperazine rings is 1. The van der Waals surface area contributed by atoms with Crippen LogP contribution in [0.2, 0.25) is 0 Å². The average Bonchev–Trinajstić information content (AvgIpc) is 2.98. The van der Waals surface area contributed by atoms with Crippen molar-refractivity contribution in [3.05, 3.63) is 48.3 Å². The fraction of sp³-hybridized carbons (Fsp3) is 0.548. The lowest BCUT2D eigenvalue weighted by Crippen LogP contribution is -2.58. The van der Waals surface area contributed by atoms with Gasteiger partial charge in [-0.3, -0.25) is 24.6 Å². The molecule has 2 aromatic rings. The molecule has 4 aliphatic rings. The molecule has 1 unspecified atom stereocenters. The number of benzene rings is 1. The van der Waals surface area contributed by atoms with Crippen LogP contribution in [0, 0.1) is 11.3 Å². The molecule has 2 N–H and O–H groups in total. The molecular formula is C31H40N6O4. The number of nitrogens with one attached hydrogen (secondary N) is 2. The molecule has 4 heterocycles. The highest BCUT2D eigenvalue weighted by Gasteiger charge is 2.45. The number of hydrogen-bond donors (Lipinski definition) is 2. The molecule has 1 saturated carbocycles. The van der Waals surface area contributed by atoms with Crippen molar-refractivity contribution < 1.29 is 19.1 Å². The van der Waals surface area contributed by atoms with E-state index in [2.05, 4.69) is 60.6 Å². The Morgan fingerprint density at radius 1 is 1.05 bits per heavy atom. The number of methoxy groups -OCH3 is 1. The van der Waals surface area contributed by atoms with Crippen LogP contribution < -0.4 is 25.2 Å². The Hall–Kier alpha value is -3.66. The van der Waals surface area contributed by atoms with Crippen LogP contribution in [0.1, 0.15) is 49.0 Å². The molecule has 6 rings (SSSR count). The molecule has 1 aromatic carbocycles. The predicted molar refractivity (Wildman–Crippen MR) is 156 cm³/mol. The van der Waals surface area contributed by atoms with E-state index in [1.807, 2.05) is 0 Å². The summed E-state index contributed by atoms with van der Waals surface area (Å²) in [6, 6.07) is 11.7. The zero-order valence-corrected chi connectivity index (χ0v) is 23.8. The molecule has 1 aliphatic carbocycles. The minimum absolute atomic E-state index is 0.183. The van der Waals surface area contributed by atoms with Crippen molar-refractivity contribution in [2.45, 2.75) is 44.6 Å². The molecule has 0 bridgehead atoms. The Labute approximate surface area is 241 Å². The SMILES string of the molecule is COc1cc(C(=O)NC2CCC(=O)NC2=O)ncc1N1CCN(CC2CCC3(CC2)CN(c2ccccc2)C3)CC1. The monoisotopic (exact) mass is 560 g/mol. The van der Waals surface area contributed by atoms with E-state index in [-0.39, 0.29) is 24.4 Å². The van der Waals surface area contributed by atoms with Gasteiger partial charge in [-0.2, -0.15) is 0 Å². The number of para-hydroxylation sites is 1. The molecule has 1 atom stereocenters. The number of ether oxygens (including phenoxy) is 1. The quantitative estimate of drug-likeness (QED) is 0.498. The number of carbonyl (C=O) groups excluding carboxylic acids is 3. The zero-order chi connectivity index (χ0) is 28.4. The third kappa shape index (κ3) is 6.02. The van der Waals surface area contributed by atoms with Gasteiger partial charge in [-0.25, -0.2) is 4.98 Å². The van der Waals surface area contributed by atoms with E-state index in [4.69, 9.17) is 4.74 Å². The van der Waals surface area contributed by atoms with Gasteiger partial charge in [-0.05, 0) is 50.2 Å². The summed E-state index contributed by atoms with van der Waals surface area (Å²) in [7, 11) is 1.59. The van der Waals surface area contributed by atoms with Crippen LogP contribution >= 0.6 is 0 Å². The second-order valence-electron chi connectivity index (χ2n) is 12.1. The van der Waals surface area contributed by atoms with Gasteiger partial charge in [0.05, 0.1) is 19.0 Å². The van der Waals surface area contributed by atoms with E-state index in [9.17, 15) is 14.4 Å². The molecule has 3 amide bonds. The minimum atomic E-state index is -0.742. The van der Waals surface area contributed by atoms with Gasteiger partial charge in [0.15, 0.2) is 0 Å². The Morgan fingerprint density at radius 3 is 2.46 bits per heavy atom. The second-order valence-corrected chi connectivity index (χ2v) is 12.1. The molecule has 10 heteroatoms. The number of hydrogen-bond acceptors (Lipinski definition) is 8. The van der Waals surface area contributed by atoms with Crippen molar-refractivity contribution in [1.29, 1.82) is 0 Å². The van der Waals surface area contributed by atoms with Gasteiger partial charge >= 0.3 is 0 Å². The Bertz CT molecular complexity index is 1260. The second kappa shape index (κ2) is 11.7. The lowest BCUT2D eigenvalue weighted by molar-refractivity contribution is -0.134. The number of aromatic nitrogens is 1. The summed E-state index contributed by atoms with van der Waals surface area (Å²) in [6.07, 6.45) is 7.50. The van der Waals surface area contributed by atoms with Crippen LogP contribution in [-0.4, -0.2) is 86.6 Å². The first-order chi connectivity index (χ1) is 19.9. The maximum absolute atomic E-state index is 12.8. The molecule has 3 saturated heterocycles. The van der Waals surface area contributed by atoms with Gasteiger partial charge in [0.25, 0.3) is 5.91 Å². The smallest absolute Gasteiger partial charge is 0.270 e. The first kappa shape index (κ1) is 27.5. The first-order valence-electron chi connectivity index (χ1n) is 14.9. The highest BCUT2D eigenvalue weighted by atomic mass is 16.5. The van der Waals surface area contributed by atoms with Gasteiger partial charge in [0, 0.05) is 69.4 Å². The lowest BCUT2D eigenvalue weighted by atomic mass is 9.65. The average molecular weight is 561 g/mol. The van der Waals surface area contributed by atoms with Crippen molar-refractivity contribution in [3.63, 3.8) is 0 Å². The van der Waals surface area contributed by atoms with Crippen LogP contribution in [0.15, 0.2) is 42.6 Å². The van der Waals surface area contributed by atoms with E-state index < -0.39 is 17.9 Å². The largest absolute Gasteiger partial charge is 0.494 e. The Kier molecular flexibility index (Phi) is 7.84. The minimum Gasteiger partial charge on any atom is -0.494 e. The summed E-state index contributed by atoms with van der Waals surface area (Å²) < 4.78 is 5.63. The van der Waals surface area contributed by atoms with Crippen molar-refractivity contribution in [3.8, 4) is 5.75 Å². The van der Waals surface area contributed by atoms with Crippen LogP contribution in [0.5, 0.6) is 5.75 Å². The van der Waals surface area contributed by atoms with Crippen LogP contribution in [0.25, 0.3) is 0 Å². The molecule has 10 nitrogen and oxygen atoms in total. The number of nitrogens with zero attached hydrogens (tertiary/aromatic N) is 4. The van der Waals surface area contributed by atoms with Crippen molar-refractivity contribution in [2.75, 3.05) is 62.7 Å². The summed E-state index contributed by atoms with van der Waals surface area (Å²) >= 11 is 0. The summed E-state index contributed by atoms with van der Waals surface area (Å²) in [5.74, 6) is 0.0987. The van der Waals surface area contributed by atoms with Gasteiger partial charge in [-0.1, -0.05) is 18.2 Å². The van der Waals surface area contributed by atoms with E-state index >= 15 is 0 Å². The maximum Gasteiger partial charge on any atom is 0.270 e. The van der Waals surface area contributed by atoms with Crippen LogP contribution in [-0.2, 0) is 9.59 Å². The van der Waals surface area contributed by atoms with E-state index in [1.165, 1.54) is 51.0 Å². The molecule has 1 aromatic heterocycles. The highest BCUT2D eigenvalue weighted by molar-refractivity contribution is 6.03. The van der Waals surface area contributed by atoms with Gasteiger partial charge in [-0.15, -0.1) is 0 Å². The number of amides is 3. The van der Waals surface area contributed by atoms with Gasteiger partial charge in [0.2, 0.25) is 11.8 Å². The van der Waals surface area contributed by atoms with Crippen molar-refractivity contribution >= 4 is 29.1 Å². The van der Waals surface area contributed by atoms with E-state index in [0.717, 1.165) is 37.8 Å². The summed E-state index contributed by atoms with van der Waals surface area (Å²) in [4.78, 5) is 47.9. The molecule has 0 radical (unpaired) electrons. The number of carbonyl (C=O) groups is 3. The number of imide groups is 1. The van der Waals surface area contributed by atoms with Gasteiger partial charge < -0.3 is 19.9 Å². The highest BCUT2D eigenvalue weighted by Crippen LogP contribution is 2.47. The topological polar surface area (TPSA) is 107 Å². The first-order valence-corrected chi connectivity index (χ1v) is 14.9. The number of anilines is 2. The standard InChI is InChI=1S/C31H40N6O4/c1-41-27-17-25(30(40)33-24-7-8-28(38)34-29(24)39)32-18-26(27)36-15-13-35(14-16-36)19-22-9-11-31(12-10-22)20-37(21-31)23-5-3-2-4-6-23/h2-6,17-18,22,24H,7-16,19-21H2,1H3,(H,33,40)(H,34,38,39). The fourth-order valence-corrected chi connectivity index (χ4v) is 6.93. The third-order valence-corrected chi connectivity index (χ3v) is 9.41. The van der Waals surface area contributed by atoms with Gasteiger partial charge in [0.1, 0.15) is 17.5 Å². The molecule has 1 spiro atoms. The van der Waals surface area contributed by atoms with E-state index in [0.29, 0.717) is 11.2 Å². The van der Waals surface area contributed by atoms with Crippen LogP contribution in [0.4, 0.5) is 11.4 Å². The molecule has 4 fully saturated rings. The Balaban J connectivity index is 0.965. The fourth-order valence-electron chi connectivity index (χ4n) is 6.93. The molecule has 218 valence electrons. The Morgan fingerprint density at radius 2 is 1.78 bits per heavy atom. The van der Waals surface area contributed by atoms with Crippen molar-refractivity contribution in [1.82, 2.24) is 20.5 Å². The predicted octanol–water partition coefficient (Wildman–Crippen LogP) is 2.44. The third-order valence-electron chi connectivity index (χ3n) is 9.41. The van der Waals surface area contributed by atoms with Crippen LogP contribution in [0.3, 0.4) is 0 Å². The summed E-state index contributed by atoms with van der Waals surface area (Å²) in [5.41, 5.74) is 2.94. The molecule has 41 heavy (non-hydrogen) atoms. The number of rotatable bonds is 7. The normalized spacial score (nSPS) is 23.2. The lowest BCUT2D eigenvalue weighted by Gasteiger charge is -2.55. The van der Waals surface area contributed by atoms with E-state index in [1.54, 1.807) is 19.4 Å². The maximum atomic E-state index is 12.8. The molecule has 3 aliphatic heterocycles. The number of pyridine rings is 1. The summed E-state index contributed by atoms with van der Waals surface area (Å²) in [6.45, 7) is 7.31. The molecular weight excluding hydrogens is 520 g/mol. The van der Waals surface area contributed by atoms with Crippen molar-refractivity contribution in [2.24, 2.45) is 11.3 Å². The number of piperidine rings is 1.